The summed E-state index contributed by atoms with van der Waals surface area (Å²) < 4.78 is 11.5. The Kier molecular flexibility index (Phi) is 6.53. The normalized spacial score (nSPS) is 22.4. The fourth-order valence-corrected chi connectivity index (χ4v) is 6.54. The Hall–Kier alpha value is -3.87. The summed E-state index contributed by atoms with van der Waals surface area (Å²) >= 11 is 6.52. The molecule has 2 aliphatic heterocycles. The second-order valence-electron chi connectivity index (χ2n) is 10.1. The summed E-state index contributed by atoms with van der Waals surface area (Å²) in [6.07, 6.45) is 1.62. The van der Waals surface area contributed by atoms with Crippen LogP contribution in [0.1, 0.15) is 40.1 Å². The Morgan fingerprint density at radius 2 is 1.77 bits per heavy atom. The van der Waals surface area contributed by atoms with Gasteiger partial charge in [-0.05, 0) is 68.1 Å². The number of hydrogen-bond donors (Lipinski definition) is 0. The lowest BCUT2D eigenvalue weighted by atomic mass is 9.71. The topological polar surface area (TPSA) is 63.0 Å². The minimum absolute atomic E-state index is 0.105. The summed E-state index contributed by atoms with van der Waals surface area (Å²) in [5, 5.41) is 0.596. The number of ether oxygens (including phenoxy) is 1. The van der Waals surface area contributed by atoms with E-state index >= 15 is 0 Å². The van der Waals surface area contributed by atoms with Gasteiger partial charge < -0.3 is 14.1 Å². The fraction of sp³-hybridized carbons (Fsp3) is 0.250. The third-order valence-corrected chi connectivity index (χ3v) is 8.40. The summed E-state index contributed by atoms with van der Waals surface area (Å²) in [6.45, 7) is 3.25. The lowest BCUT2D eigenvalue weighted by molar-refractivity contribution is -0.129. The van der Waals surface area contributed by atoms with Gasteiger partial charge in [0.2, 0.25) is 0 Å². The van der Waals surface area contributed by atoms with Crippen molar-refractivity contribution in [2.24, 2.45) is 5.92 Å². The summed E-state index contributed by atoms with van der Waals surface area (Å²) in [5.74, 6) is 0.120. The van der Waals surface area contributed by atoms with Crippen molar-refractivity contribution in [3.05, 3.63) is 119 Å². The van der Waals surface area contributed by atoms with E-state index in [1.807, 2.05) is 79.5 Å². The Labute approximate surface area is 232 Å². The molecule has 0 radical (unpaired) electrons. The number of likely N-dealkylation sites (tertiary alicyclic amines) is 1. The highest BCUT2D eigenvalue weighted by Gasteiger charge is 2.66. The van der Waals surface area contributed by atoms with Crippen LogP contribution in [0.3, 0.4) is 0 Å². The number of para-hydroxylation sites is 1. The number of likely N-dealkylation sites (N-methyl/N-ethyl adjacent to an activating group) is 1. The van der Waals surface area contributed by atoms with Gasteiger partial charge >= 0.3 is 0 Å². The van der Waals surface area contributed by atoms with Crippen LogP contribution >= 0.6 is 11.6 Å². The first-order chi connectivity index (χ1) is 19.0. The number of carbonyl (C=O) groups excluding carboxylic acids is 2. The molecule has 6 nitrogen and oxygen atoms in total. The van der Waals surface area contributed by atoms with Crippen molar-refractivity contribution in [1.82, 2.24) is 4.90 Å². The largest absolute Gasteiger partial charge is 0.494 e. The number of halogens is 1. The first kappa shape index (κ1) is 25.4. The Bertz CT molecular complexity index is 1520. The van der Waals surface area contributed by atoms with Gasteiger partial charge in [0.25, 0.3) is 5.91 Å². The zero-order valence-electron chi connectivity index (χ0n) is 21.8. The lowest BCUT2D eigenvalue weighted by Crippen LogP contribution is -2.53. The summed E-state index contributed by atoms with van der Waals surface area (Å²) in [6, 6.07) is 26.2. The molecular formula is C32H29ClN2O4. The standard InChI is InChI=1S/C32H29ClN2O4/c1-3-38-23-16-14-21(15-17-23)30(36)29-24(28-13-8-18-39-28)20-34(2)32(29)25-10-5-7-12-27(25)35(31(32)37)19-22-9-4-6-11-26(22)33/h4-18,24,29H,3,19-20H2,1-2H3/t24-,29-,32-/m0/s1. The number of Topliss-reactive ketones (excluding diaryl/α,β-unsaturated/α-hetero) is 1. The number of fused-ring (bicyclic) bond motifs is 2. The van der Waals surface area contributed by atoms with Crippen LogP contribution in [0.2, 0.25) is 5.02 Å². The number of amides is 1. The van der Waals surface area contributed by atoms with E-state index in [1.165, 1.54) is 0 Å². The Morgan fingerprint density at radius 1 is 1.03 bits per heavy atom. The van der Waals surface area contributed by atoms with Crippen LogP contribution in [-0.4, -0.2) is 36.8 Å². The van der Waals surface area contributed by atoms with Gasteiger partial charge in [0.1, 0.15) is 17.0 Å². The third-order valence-electron chi connectivity index (χ3n) is 8.03. The number of rotatable bonds is 7. The molecule has 39 heavy (non-hydrogen) atoms. The van der Waals surface area contributed by atoms with Gasteiger partial charge in [-0.1, -0.05) is 48.0 Å². The van der Waals surface area contributed by atoms with Gasteiger partial charge in [0.15, 0.2) is 5.78 Å². The minimum atomic E-state index is -1.20. The van der Waals surface area contributed by atoms with E-state index in [4.69, 9.17) is 20.8 Å². The first-order valence-corrected chi connectivity index (χ1v) is 13.5. The molecule has 6 rings (SSSR count). The quantitative estimate of drug-likeness (QED) is 0.257. The maximum absolute atomic E-state index is 14.8. The van der Waals surface area contributed by atoms with Gasteiger partial charge in [0.05, 0.1) is 25.3 Å². The molecule has 1 spiro atoms. The second-order valence-corrected chi connectivity index (χ2v) is 10.5. The van der Waals surface area contributed by atoms with Gasteiger partial charge in [-0.2, -0.15) is 0 Å². The highest BCUT2D eigenvalue weighted by atomic mass is 35.5. The highest BCUT2D eigenvalue weighted by molar-refractivity contribution is 6.31. The van der Waals surface area contributed by atoms with E-state index in [0.29, 0.717) is 41.8 Å². The molecule has 0 bridgehead atoms. The highest BCUT2D eigenvalue weighted by Crippen LogP contribution is 2.57. The average Bonchev–Trinajstić information content (AvgIpc) is 3.64. The van der Waals surface area contributed by atoms with Crippen LogP contribution in [0.4, 0.5) is 5.69 Å². The predicted molar refractivity (Wildman–Crippen MR) is 150 cm³/mol. The fourth-order valence-electron chi connectivity index (χ4n) is 6.35. The van der Waals surface area contributed by atoms with Crippen molar-refractivity contribution in [3.8, 4) is 5.75 Å². The smallest absolute Gasteiger partial charge is 0.253 e. The van der Waals surface area contributed by atoms with Crippen molar-refractivity contribution in [2.45, 2.75) is 24.9 Å². The van der Waals surface area contributed by atoms with E-state index in [1.54, 1.807) is 35.4 Å². The molecule has 7 heteroatoms. The van der Waals surface area contributed by atoms with Crippen molar-refractivity contribution in [2.75, 3.05) is 25.1 Å². The monoisotopic (exact) mass is 540 g/mol. The van der Waals surface area contributed by atoms with Gasteiger partial charge in [-0.25, -0.2) is 0 Å². The number of hydrogen-bond acceptors (Lipinski definition) is 5. The Morgan fingerprint density at radius 3 is 2.49 bits per heavy atom. The maximum Gasteiger partial charge on any atom is 0.253 e. The molecule has 4 aromatic rings. The molecule has 1 fully saturated rings. The molecule has 2 aliphatic rings. The van der Waals surface area contributed by atoms with Crippen LogP contribution < -0.4 is 9.64 Å². The Balaban J connectivity index is 1.50. The van der Waals surface area contributed by atoms with E-state index in [0.717, 1.165) is 16.8 Å². The predicted octanol–water partition coefficient (Wildman–Crippen LogP) is 6.30. The third kappa shape index (κ3) is 3.98. The molecule has 3 atom stereocenters. The number of nitrogens with zero attached hydrogens (tertiary/aromatic N) is 2. The average molecular weight is 541 g/mol. The second kappa shape index (κ2) is 10.0. The van der Waals surface area contributed by atoms with Crippen LogP contribution in [0.5, 0.6) is 5.75 Å². The minimum Gasteiger partial charge on any atom is -0.494 e. The zero-order chi connectivity index (χ0) is 27.1. The number of furan rings is 1. The van der Waals surface area contributed by atoms with E-state index < -0.39 is 11.5 Å². The number of benzene rings is 3. The molecule has 3 heterocycles. The van der Waals surface area contributed by atoms with E-state index in [-0.39, 0.29) is 17.6 Å². The molecule has 1 aromatic heterocycles. The zero-order valence-corrected chi connectivity index (χ0v) is 22.6. The number of ketones is 1. The molecule has 0 aliphatic carbocycles. The van der Waals surface area contributed by atoms with E-state index in [9.17, 15) is 9.59 Å². The molecule has 0 unspecified atom stereocenters. The molecule has 1 amide bonds. The molecular weight excluding hydrogens is 512 g/mol. The molecule has 0 N–H and O–H groups in total. The van der Waals surface area contributed by atoms with Crippen LogP contribution in [-0.2, 0) is 16.9 Å². The SMILES string of the molecule is CCOc1ccc(C(=O)[C@@H]2[C@H](c3ccco3)CN(C)[C@]23C(=O)N(Cc2ccccc2Cl)c2ccccc23)cc1. The van der Waals surface area contributed by atoms with Crippen LogP contribution in [0.15, 0.2) is 95.6 Å². The lowest BCUT2D eigenvalue weighted by Gasteiger charge is -2.36. The van der Waals surface area contributed by atoms with Crippen molar-refractivity contribution in [3.63, 3.8) is 0 Å². The summed E-state index contributed by atoms with van der Waals surface area (Å²) in [4.78, 5) is 33.1. The maximum atomic E-state index is 14.8. The van der Waals surface area contributed by atoms with Gasteiger partial charge in [0, 0.05) is 34.3 Å². The van der Waals surface area contributed by atoms with Gasteiger partial charge in [-0.15, -0.1) is 0 Å². The van der Waals surface area contributed by atoms with Crippen LogP contribution in [0, 0.1) is 5.92 Å². The summed E-state index contributed by atoms with van der Waals surface area (Å²) in [7, 11) is 1.93. The summed E-state index contributed by atoms with van der Waals surface area (Å²) in [5.41, 5.74) is 1.79. The number of anilines is 1. The molecule has 3 aromatic carbocycles. The first-order valence-electron chi connectivity index (χ1n) is 13.1. The molecule has 0 saturated carbocycles. The van der Waals surface area contributed by atoms with E-state index in [2.05, 4.69) is 0 Å². The molecule has 198 valence electrons. The molecule has 1 saturated heterocycles. The van der Waals surface area contributed by atoms with Crippen molar-refractivity contribution >= 4 is 29.0 Å². The van der Waals surface area contributed by atoms with Crippen molar-refractivity contribution in [1.29, 1.82) is 0 Å². The van der Waals surface area contributed by atoms with Gasteiger partial charge in [-0.3, -0.25) is 14.5 Å². The van der Waals surface area contributed by atoms with Crippen molar-refractivity contribution < 1.29 is 18.7 Å². The van der Waals surface area contributed by atoms with Crippen LogP contribution in [0.25, 0.3) is 0 Å². The number of carbonyl (C=O) groups is 2.